The number of nitrogens with one attached hydrogen (secondary N) is 1. The fraction of sp³-hybridized carbons (Fsp3) is 0.238. The number of benzene rings is 2. The molecule has 5 nitrogen and oxygen atoms in total. The van der Waals surface area contributed by atoms with Crippen LogP contribution in [0.4, 0.5) is 5.69 Å². The molecule has 0 atom stereocenters. The van der Waals surface area contributed by atoms with Crippen LogP contribution >= 0.6 is 0 Å². The predicted molar refractivity (Wildman–Crippen MR) is 102 cm³/mol. The standard InChI is InChI=1S/C21H22N2O3/c1-14(2)26-19-10-7-16(12-20(19)25-4)11-17(13-22)21(24)23-18-8-5-15(3)6-9-18/h5-12,14H,1-4H3,(H,23,24)/b17-11+. The number of nitriles is 1. The molecule has 0 saturated carbocycles. The Morgan fingerprint density at radius 3 is 2.42 bits per heavy atom. The van der Waals surface area contributed by atoms with Gasteiger partial charge >= 0.3 is 0 Å². The average molecular weight is 350 g/mol. The molecule has 0 aliphatic carbocycles. The summed E-state index contributed by atoms with van der Waals surface area (Å²) in [5, 5.41) is 12.1. The van der Waals surface area contributed by atoms with Gasteiger partial charge in [0.1, 0.15) is 11.6 Å². The van der Waals surface area contributed by atoms with Crippen molar-refractivity contribution in [2.75, 3.05) is 12.4 Å². The summed E-state index contributed by atoms with van der Waals surface area (Å²) in [6, 6.07) is 14.6. The number of nitrogens with zero attached hydrogens (tertiary/aromatic N) is 1. The van der Waals surface area contributed by atoms with E-state index < -0.39 is 5.91 Å². The molecule has 0 radical (unpaired) electrons. The molecular formula is C21H22N2O3. The number of hydrogen-bond acceptors (Lipinski definition) is 4. The highest BCUT2D eigenvalue weighted by Gasteiger charge is 2.11. The number of hydrogen-bond donors (Lipinski definition) is 1. The van der Waals surface area contributed by atoms with E-state index in [0.717, 1.165) is 5.56 Å². The van der Waals surface area contributed by atoms with Crippen molar-refractivity contribution < 1.29 is 14.3 Å². The van der Waals surface area contributed by atoms with E-state index in [-0.39, 0.29) is 11.7 Å². The SMILES string of the molecule is COc1cc(/C=C(\C#N)C(=O)Nc2ccc(C)cc2)ccc1OC(C)C. The van der Waals surface area contributed by atoms with Gasteiger partial charge in [-0.1, -0.05) is 23.8 Å². The second-order valence-corrected chi connectivity index (χ2v) is 6.07. The van der Waals surface area contributed by atoms with Crippen molar-refractivity contribution in [1.82, 2.24) is 0 Å². The van der Waals surface area contributed by atoms with E-state index in [2.05, 4.69) is 5.32 Å². The van der Waals surface area contributed by atoms with Gasteiger partial charge in [0.15, 0.2) is 11.5 Å². The van der Waals surface area contributed by atoms with Gasteiger partial charge in [-0.2, -0.15) is 5.26 Å². The highest BCUT2D eigenvalue weighted by molar-refractivity contribution is 6.09. The summed E-state index contributed by atoms with van der Waals surface area (Å²) < 4.78 is 11.0. The zero-order chi connectivity index (χ0) is 19.1. The van der Waals surface area contributed by atoms with E-state index >= 15 is 0 Å². The van der Waals surface area contributed by atoms with Gasteiger partial charge in [-0.25, -0.2) is 0 Å². The van der Waals surface area contributed by atoms with Crippen LogP contribution < -0.4 is 14.8 Å². The van der Waals surface area contributed by atoms with Crippen LogP contribution in [0.2, 0.25) is 0 Å². The van der Waals surface area contributed by atoms with Crippen LogP contribution in [-0.4, -0.2) is 19.1 Å². The first-order valence-electron chi connectivity index (χ1n) is 8.27. The third-order valence-electron chi connectivity index (χ3n) is 3.54. The second-order valence-electron chi connectivity index (χ2n) is 6.07. The van der Waals surface area contributed by atoms with Gasteiger partial charge in [-0.05, 0) is 56.7 Å². The number of rotatable bonds is 6. The summed E-state index contributed by atoms with van der Waals surface area (Å²) in [5.41, 5.74) is 2.41. The molecule has 0 aliphatic heterocycles. The molecule has 0 saturated heterocycles. The fourth-order valence-electron chi connectivity index (χ4n) is 2.28. The lowest BCUT2D eigenvalue weighted by Gasteiger charge is -2.13. The van der Waals surface area contributed by atoms with Crippen LogP contribution in [0.1, 0.15) is 25.0 Å². The summed E-state index contributed by atoms with van der Waals surface area (Å²) in [7, 11) is 1.55. The highest BCUT2D eigenvalue weighted by Crippen LogP contribution is 2.29. The van der Waals surface area contributed by atoms with E-state index in [9.17, 15) is 10.1 Å². The van der Waals surface area contributed by atoms with Gasteiger partial charge in [0.25, 0.3) is 5.91 Å². The number of methoxy groups -OCH3 is 1. The maximum atomic E-state index is 12.3. The first kappa shape index (κ1) is 19.1. The molecule has 0 heterocycles. The minimum atomic E-state index is -0.460. The van der Waals surface area contributed by atoms with Crippen molar-refractivity contribution in [2.24, 2.45) is 0 Å². The Hall–Kier alpha value is -3.26. The fourth-order valence-corrected chi connectivity index (χ4v) is 2.28. The Morgan fingerprint density at radius 1 is 1.15 bits per heavy atom. The normalized spacial score (nSPS) is 11.0. The minimum absolute atomic E-state index is 0.00477. The molecule has 5 heteroatoms. The molecule has 0 spiro atoms. The first-order valence-corrected chi connectivity index (χ1v) is 8.27. The lowest BCUT2D eigenvalue weighted by atomic mass is 10.1. The average Bonchev–Trinajstić information content (AvgIpc) is 2.62. The van der Waals surface area contributed by atoms with Gasteiger partial charge in [0.05, 0.1) is 13.2 Å². The number of carbonyl (C=O) groups excluding carboxylic acids is 1. The molecule has 134 valence electrons. The van der Waals surface area contributed by atoms with E-state index in [1.54, 1.807) is 37.4 Å². The zero-order valence-corrected chi connectivity index (χ0v) is 15.4. The largest absolute Gasteiger partial charge is 0.493 e. The maximum Gasteiger partial charge on any atom is 0.266 e. The van der Waals surface area contributed by atoms with Gasteiger partial charge < -0.3 is 14.8 Å². The first-order chi connectivity index (χ1) is 12.4. The Bertz CT molecular complexity index is 847. The van der Waals surface area contributed by atoms with Gasteiger partial charge in [0.2, 0.25) is 0 Å². The molecule has 0 aromatic heterocycles. The van der Waals surface area contributed by atoms with E-state index in [1.165, 1.54) is 6.08 Å². The highest BCUT2D eigenvalue weighted by atomic mass is 16.5. The third kappa shape index (κ3) is 5.12. The number of carbonyl (C=O) groups is 1. The smallest absolute Gasteiger partial charge is 0.266 e. The Morgan fingerprint density at radius 2 is 1.85 bits per heavy atom. The summed E-state index contributed by atoms with van der Waals surface area (Å²) in [5.74, 6) is 0.698. The molecule has 2 rings (SSSR count). The van der Waals surface area contributed by atoms with Crippen LogP contribution in [0, 0.1) is 18.3 Å². The van der Waals surface area contributed by atoms with Crippen LogP contribution in [0.25, 0.3) is 6.08 Å². The quantitative estimate of drug-likeness (QED) is 0.621. The van der Waals surface area contributed by atoms with Crippen LogP contribution in [-0.2, 0) is 4.79 Å². The number of aryl methyl sites for hydroxylation is 1. The van der Waals surface area contributed by atoms with Crippen molar-refractivity contribution in [3.8, 4) is 17.6 Å². The monoisotopic (exact) mass is 350 g/mol. The van der Waals surface area contributed by atoms with Crippen LogP contribution in [0.5, 0.6) is 11.5 Å². The van der Waals surface area contributed by atoms with Crippen LogP contribution in [0.15, 0.2) is 48.0 Å². The van der Waals surface area contributed by atoms with Crippen molar-refractivity contribution >= 4 is 17.7 Å². The van der Waals surface area contributed by atoms with Crippen LogP contribution in [0.3, 0.4) is 0 Å². The van der Waals surface area contributed by atoms with Crippen molar-refractivity contribution in [3.05, 3.63) is 59.2 Å². The Balaban J connectivity index is 2.23. The zero-order valence-electron chi connectivity index (χ0n) is 15.4. The lowest BCUT2D eigenvalue weighted by molar-refractivity contribution is -0.112. The molecule has 2 aromatic carbocycles. The van der Waals surface area contributed by atoms with Gasteiger partial charge in [-0.3, -0.25) is 4.79 Å². The second kappa shape index (κ2) is 8.72. The summed E-state index contributed by atoms with van der Waals surface area (Å²) in [4.78, 5) is 12.3. The summed E-state index contributed by atoms with van der Waals surface area (Å²) in [6.07, 6.45) is 1.53. The predicted octanol–water partition coefficient (Wildman–Crippen LogP) is 4.34. The third-order valence-corrected chi connectivity index (χ3v) is 3.54. The van der Waals surface area contributed by atoms with E-state index in [4.69, 9.17) is 9.47 Å². The van der Waals surface area contributed by atoms with Gasteiger partial charge in [0, 0.05) is 5.69 Å². The molecule has 0 fully saturated rings. The number of ether oxygens (including phenoxy) is 2. The molecule has 1 amide bonds. The number of amides is 1. The molecular weight excluding hydrogens is 328 g/mol. The molecule has 2 aromatic rings. The summed E-state index contributed by atoms with van der Waals surface area (Å²) >= 11 is 0. The number of anilines is 1. The summed E-state index contributed by atoms with van der Waals surface area (Å²) in [6.45, 7) is 5.82. The van der Waals surface area contributed by atoms with E-state index in [1.807, 2.05) is 39.0 Å². The van der Waals surface area contributed by atoms with Gasteiger partial charge in [-0.15, -0.1) is 0 Å². The molecule has 0 aliphatic rings. The Labute approximate surface area is 153 Å². The van der Waals surface area contributed by atoms with Crippen molar-refractivity contribution in [3.63, 3.8) is 0 Å². The van der Waals surface area contributed by atoms with Crippen molar-refractivity contribution in [2.45, 2.75) is 26.9 Å². The molecule has 1 N–H and O–H groups in total. The topological polar surface area (TPSA) is 71.3 Å². The lowest BCUT2D eigenvalue weighted by Crippen LogP contribution is -2.13. The molecule has 26 heavy (non-hydrogen) atoms. The Kier molecular flexibility index (Phi) is 6.40. The molecule has 0 unspecified atom stereocenters. The molecule has 0 bridgehead atoms. The van der Waals surface area contributed by atoms with E-state index in [0.29, 0.717) is 22.7 Å². The van der Waals surface area contributed by atoms with Crippen molar-refractivity contribution in [1.29, 1.82) is 5.26 Å². The maximum absolute atomic E-state index is 12.3. The minimum Gasteiger partial charge on any atom is -0.493 e.